The first-order valence-corrected chi connectivity index (χ1v) is 4.68. The highest BCUT2D eigenvalue weighted by atomic mass is 19.4. The average Bonchev–Trinajstić information content (AvgIpc) is 2.37. The fourth-order valence-corrected chi connectivity index (χ4v) is 1.95. The molecule has 1 rings (SSSR count). The van der Waals surface area contributed by atoms with Gasteiger partial charge in [-0.2, -0.15) is 13.2 Å². The molecule has 92 valence electrons. The number of carboxylic acid groups (broad SMARTS) is 1. The van der Waals surface area contributed by atoms with E-state index < -0.39 is 29.5 Å². The second-order valence-electron chi connectivity index (χ2n) is 4.48. The quantitative estimate of drug-likeness (QED) is 0.749. The Morgan fingerprint density at radius 1 is 1.38 bits per heavy atom. The zero-order valence-corrected chi connectivity index (χ0v) is 8.84. The van der Waals surface area contributed by atoms with Crippen molar-refractivity contribution in [3.8, 4) is 0 Å². The third-order valence-electron chi connectivity index (χ3n) is 2.79. The van der Waals surface area contributed by atoms with Gasteiger partial charge in [-0.25, -0.2) is 4.79 Å². The van der Waals surface area contributed by atoms with Crippen molar-refractivity contribution in [1.29, 1.82) is 0 Å². The summed E-state index contributed by atoms with van der Waals surface area (Å²) >= 11 is 0. The molecule has 1 atom stereocenters. The Balaban J connectivity index is 2.99. The molecule has 0 bridgehead atoms. The Labute approximate surface area is 90.0 Å². The normalized spacial score (nSPS) is 24.6. The predicted molar refractivity (Wildman–Crippen MR) is 47.6 cm³/mol. The lowest BCUT2D eigenvalue weighted by Gasteiger charge is -2.29. The minimum absolute atomic E-state index is 0.178. The van der Waals surface area contributed by atoms with E-state index in [0.29, 0.717) is 4.90 Å². The molecule has 0 aromatic heterocycles. The molecule has 0 aromatic rings. The van der Waals surface area contributed by atoms with Gasteiger partial charge in [-0.05, 0) is 11.8 Å². The van der Waals surface area contributed by atoms with Crippen LogP contribution in [0.5, 0.6) is 0 Å². The second kappa shape index (κ2) is 3.64. The number of hydrogen-bond donors (Lipinski definition) is 1. The maximum atomic E-state index is 12.2. The van der Waals surface area contributed by atoms with Gasteiger partial charge in [0.05, 0.1) is 0 Å². The van der Waals surface area contributed by atoms with E-state index in [1.54, 1.807) is 0 Å². The van der Waals surface area contributed by atoms with Crippen LogP contribution in [0.25, 0.3) is 0 Å². The lowest BCUT2D eigenvalue weighted by Crippen LogP contribution is -2.50. The van der Waals surface area contributed by atoms with Crippen LogP contribution < -0.4 is 0 Å². The van der Waals surface area contributed by atoms with Crippen molar-refractivity contribution in [1.82, 2.24) is 4.90 Å². The van der Waals surface area contributed by atoms with Gasteiger partial charge >= 0.3 is 18.1 Å². The first-order valence-electron chi connectivity index (χ1n) is 4.68. The number of amides is 1. The number of aliphatic carboxylic acids is 1. The zero-order valence-electron chi connectivity index (χ0n) is 8.84. The second-order valence-corrected chi connectivity index (χ2v) is 4.48. The van der Waals surface area contributed by atoms with Crippen LogP contribution in [-0.4, -0.2) is 40.6 Å². The Bertz CT molecular complexity index is 324. The van der Waals surface area contributed by atoms with Crippen LogP contribution in [0.15, 0.2) is 0 Å². The number of alkyl halides is 3. The number of likely N-dealkylation sites (tertiary alicyclic amines) is 1. The minimum atomic E-state index is -5.02. The summed E-state index contributed by atoms with van der Waals surface area (Å²) in [7, 11) is 0. The Hall–Kier alpha value is -1.27. The van der Waals surface area contributed by atoms with Crippen LogP contribution in [0, 0.1) is 5.41 Å². The van der Waals surface area contributed by atoms with Crippen molar-refractivity contribution in [2.75, 3.05) is 6.54 Å². The third-order valence-corrected chi connectivity index (χ3v) is 2.79. The first kappa shape index (κ1) is 12.8. The van der Waals surface area contributed by atoms with Crippen LogP contribution in [-0.2, 0) is 9.59 Å². The number of nitrogens with zero attached hydrogens (tertiary/aromatic N) is 1. The van der Waals surface area contributed by atoms with Gasteiger partial charge in [-0.3, -0.25) is 4.79 Å². The minimum Gasteiger partial charge on any atom is -0.480 e. The number of carboxylic acids is 1. The van der Waals surface area contributed by atoms with Gasteiger partial charge in [-0.1, -0.05) is 13.8 Å². The SMILES string of the molecule is CC1(C)CCN(C(=O)C(F)(F)F)C1C(=O)O. The molecule has 1 saturated heterocycles. The van der Waals surface area contributed by atoms with E-state index in [2.05, 4.69) is 0 Å². The molecule has 16 heavy (non-hydrogen) atoms. The smallest absolute Gasteiger partial charge is 0.471 e. The van der Waals surface area contributed by atoms with Gasteiger partial charge in [0.25, 0.3) is 0 Å². The molecule has 1 N–H and O–H groups in total. The maximum Gasteiger partial charge on any atom is 0.471 e. The van der Waals surface area contributed by atoms with Crippen LogP contribution in [0.4, 0.5) is 13.2 Å². The van der Waals surface area contributed by atoms with Crippen LogP contribution >= 0.6 is 0 Å². The molecule has 0 aliphatic carbocycles. The van der Waals surface area contributed by atoms with Crippen LogP contribution in [0.1, 0.15) is 20.3 Å². The van der Waals surface area contributed by atoms with E-state index in [4.69, 9.17) is 5.11 Å². The van der Waals surface area contributed by atoms with E-state index in [1.165, 1.54) is 13.8 Å². The number of halogens is 3. The van der Waals surface area contributed by atoms with Gasteiger partial charge in [0.2, 0.25) is 0 Å². The standard InChI is InChI=1S/C9H12F3NO3/c1-8(2)3-4-13(5(8)6(14)15)7(16)9(10,11)12/h5H,3-4H2,1-2H3,(H,14,15). The Kier molecular flexibility index (Phi) is 2.91. The number of carbonyl (C=O) groups excluding carboxylic acids is 1. The highest BCUT2D eigenvalue weighted by Gasteiger charge is 2.53. The average molecular weight is 239 g/mol. The van der Waals surface area contributed by atoms with E-state index >= 15 is 0 Å². The molecule has 0 aromatic carbocycles. The lowest BCUT2D eigenvalue weighted by atomic mass is 9.85. The monoisotopic (exact) mass is 239 g/mol. The first-order chi connectivity index (χ1) is 7.07. The molecule has 0 saturated carbocycles. The van der Waals surface area contributed by atoms with Gasteiger partial charge in [0.1, 0.15) is 6.04 Å². The number of carbonyl (C=O) groups is 2. The topological polar surface area (TPSA) is 57.6 Å². The van der Waals surface area contributed by atoms with Crippen molar-refractivity contribution in [2.45, 2.75) is 32.5 Å². The lowest BCUT2D eigenvalue weighted by molar-refractivity contribution is -0.189. The summed E-state index contributed by atoms with van der Waals surface area (Å²) in [5.74, 6) is -3.48. The zero-order chi connectivity index (χ0) is 12.7. The molecule has 1 amide bonds. The molecular formula is C9H12F3NO3. The van der Waals surface area contributed by atoms with Crippen molar-refractivity contribution >= 4 is 11.9 Å². The molecule has 1 unspecified atom stereocenters. The molecule has 4 nitrogen and oxygen atoms in total. The fraction of sp³-hybridized carbons (Fsp3) is 0.778. The largest absolute Gasteiger partial charge is 0.480 e. The molecular weight excluding hydrogens is 227 g/mol. The Morgan fingerprint density at radius 2 is 1.88 bits per heavy atom. The van der Waals surface area contributed by atoms with Crippen molar-refractivity contribution in [3.05, 3.63) is 0 Å². The van der Waals surface area contributed by atoms with Gasteiger partial charge in [0.15, 0.2) is 0 Å². The molecule has 1 fully saturated rings. The van der Waals surface area contributed by atoms with Gasteiger partial charge in [-0.15, -0.1) is 0 Å². The summed E-state index contributed by atoms with van der Waals surface area (Å²) in [5.41, 5.74) is -0.841. The molecule has 7 heteroatoms. The van der Waals surface area contributed by atoms with Crippen LogP contribution in [0.3, 0.4) is 0 Å². The van der Waals surface area contributed by atoms with E-state index in [9.17, 15) is 22.8 Å². The highest BCUT2D eigenvalue weighted by Crippen LogP contribution is 2.38. The summed E-state index contributed by atoms with van der Waals surface area (Å²) in [6, 6.07) is -1.42. The van der Waals surface area contributed by atoms with E-state index in [-0.39, 0.29) is 13.0 Å². The maximum absolute atomic E-state index is 12.2. The molecule has 1 aliphatic rings. The number of hydrogen-bond acceptors (Lipinski definition) is 2. The summed E-state index contributed by atoms with van der Waals surface area (Å²) < 4.78 is 36.6. The summed E-state index contributed by atoms with van der Waals surface area (Å²) in [5, 5.41) is 8.87. The molecule has 1 heterocycles. The Morgan fingerprint density at radius 3 is 2.25 bits per heavy atom. The summed E-state index contributed by atoms with van der Waals surface area (Å²) in [6.07, 6.45) is -4.78. The predicted octanol–water partition coefficient (Wildman–Crippen LogP) is 1.26. The van der Waals surface area contributed by atoms with Crippen molar-refractivity contribution in [2.24, 2.45) is 5.41 Å². The number of rotatable bonds is 1. The van der Waals surface area contributed by atoms with E-state index in [0.717, 1.165) is 0 Å². The van der Waals surface area contributed by atoms with Gasteiger partial charge in [0, 0.05) is 6.54 Å². The fourth-order valence-electron chi connectivity index (χ4n) is 1.95. The van der Waals surface area contributed by atoms with Crippen molar-refractivity contribution in [3.63, 3.8) is 0 Å². The summed E-state index contributed by atoms with van der Waals surface area (Å²) in [6.45, 7) is 2.90. The molecule has 0 radical (unpaired) electrons. The van der Waals surface area contributed by atoms with E-state index in [1.807, 2.05) is 0 Å². The summed E-state index contributed by atoms with van der Waals surface area (Å²) in [4.78, 5) is 22.3. The van der Waals surface area contributed by atoms with Crippen LogP contribution in [0.2, 0.25) is 0 Å². The highest BCUT2D eigenvalue weighted by molar-refractivity contribution is 5.88. The molecule has 0 spiro atoms. The third kappa shape index (κ3) is 2.12. The molecule has 1 aliphatic heterocycles. The van der Waals surface area contributed by atoms with Gasteiger partial charge < -0.3 is 10.0 Å². The van der Waals surface area contributed by atoms with Crippen molar-refractivity contribution < 1.29 is 27.9 Å².